The van der Waals surface area contributed by atoms with E-state index in [9.17, 15) is 4.79 Å². The van der Waals surface area contributed by atoms with Crippen molar-refractivity contribution in [3.63, 3.8) is 0 Å². The van der Waals surface area contributed by atoms with E-state index in [-0.39, 0.29) is 24.2 Å². The number of amides is 1. The molecule has 2 N–H and O–H groups in total. The highest BCUT2D eigenvalue weighted by molar-refractivity contribution is 5.85. The Balaban J connectivity index is 0.00000208. The molecule has 0 saturated carbocycles. The Kier molecular flexibility index (Phi) is 5.95. The van der Waals surface area contributed by atoms with Crippen molar-refractivity contribution < 1.29 is 4.79 Å². The van der Waals surface area contributed by atoms with Crippen molar-refractivity contribution >= 4 is 29.8 Å². The van der Waals surface area contributed by atoms with Gasteiger partial charge in [0.2, 0.25) is 5.91 Å². The summed E-state index contributed by atoms with van der Waals surface area (Å²) < 4.78 is 1.66. The molecular formula is C15H24ClN7O. The Morgan fingerprint density at radius 1 is 1.29 bits per heavy atom. The Labute approximate surface area is 147 Å². The molecule has 1 aliphatic heterocycles. The number of hydrogen-bond donors (Lipinski definition) is 1. The van der Waals surface area contributed by atoms with Gasteiger partial charge in [-0.3, -0.25) is 4.79 Å². The van der Waals surface area contributed by atoms with E-state index >= 15 is 0 Å². The van der Waals surface area contributed by atoms with Gasteiger partial charge in [0.15, 0.2) is 5.65 Å². The van der Waals surface area contributed by atoms with Gasteiger partial charge in [-0.15, -0.1) is 27.7 Å². The number of nitrogens with two attached hydrogens (primary N) is 1. The highest BCUT2D eigenvalue weighted by Gasteiger charge is 2.28. The number of fused-ring (bicyclic) bond motifs is 1. The first-order valence-electron chi connectivity index (χ1n) is 8.06. The number of anilines is 1. The molecule has 2 atom stereocenters. The highest BCUT2D eigenvalue weighted by atomic mass is 35.5. The molecule has 0 bridgehead atoms. The van der Waals surface area contributed by atoms with Crippen LogP contribution in [0.3, 0.4) is 0 Å². The molecule has 1 amide bonds. The van der Waals surface area contributed by atoms with Crippen LogP contribution in [0.15, 0.2) is 18.5 Å². The molecule has 24 heavy (non-hydrogen) atoms. The summed E-state index contributed by atoms with van der Waals surface area (Å²) in [7, 11) is 0. The monoisotopic (exact) mass is 353 g/mol. The van der Waals surface area contributed by atoms with Crippen LogP contribution in [0.4, 0.5) is 5.82 Å². The van der Waals surface area contributed by atoms with Gasteiger partial charge < -0.3 is 15.5 Å². The maximum Gasteiger partial charge on any atom is 0.239 e. The number of halogens is 1. The van der Waals surface area contributed by atoms with E-state index in [4.69, 9.17) is 5.73 Å². The number of rotatable bonds is 4. The minimum atomic E-state index is -0.405. The SMILES string of the molecule is CCC(C)C(N)C(=O)N1CCN(c2ccc3nncn3n2)CC1.Cl. The van der Waals surface area contributed by atoms with Crippen molar-refractivity contribution in [2.75, 3.05) is 31.1 Å². The van der Waals surface area contributed by atoms with Gasteiger partial charge in [-0.25, -0.2) is 0 Å². The Bertz CT molecular complexity index is 683. The number of hydrogen-bond acceptors (Lipinski definition) is 6. The molecule has 2 aromatic rings. The average Bonchev–Trinajstić information content (AvgIpc) is 3.07. The largest absolute Gasteiger partial charge is 0.352 e. The first-order chi connectivity index (χ1) is 11.1. The van der Waals surface area contributed by atoms with Gasteiger partial charge in [0.05, 0.1) is 6.04 Å². The summed E-state index contributed by atoms with van der Waals surface area (Å²) in [5.41, 5.74) is 6.79. The van der Waals surface area contributed by atoms with Gasteiger partial charge in [0, 0.05) is 26.2 Å². The molecule has 1 aliphatic rings. The summed E-state index contributed by atoms with van der Waals surface area (Å²) in [5.74, 6) is 1.13. The van der Waals surface area contributed by atoms with Crippen LogP contribution >= 0.6 is 12.4 Å². The lowest BCUT2D eigenvalue weighted by molar-refractivity contribution is -0.134. The zero-order valence-electron chi connectivity index (χ0n) is 14.0. The first-order valence-corrected chi connectivity index (χ1v) is 8.06. The lowest BCUT2D eigenvalue weighted by atomic mass is 9.98. The molecule has 0 radical (unpaired) electrons. The Hall–Kier alpha value is -1.93. The summed E-state index contributed by atoms with van der Waals surface area (Å²) in [6.45, 7) is 6.93. The fraction of sp³-hybridized carbons (Fsp3) is 0.600. The molecule has 2 aromatic heterocycles. The predicted octanol–water partition coefficient (Wildman–Crippen LogP) is 0.568. The van der Waals surface area contributed by atoms with E-state index in [0.717, 1.165) is 31.0 Å². The van der Waals surface area contributed by atoms with Crippen LogP contribution in [0.2, 0.25) is 0 Å². The Morgan fingerprint density at radius 3 is 2.67 bits per heavy atom. The zero-order valence-corrected chi connectivity index (χ0v) is 14.8. The van der Waals surface area contributed by atoms with Crippen molar-refractivity contribution in [2.45, 2.75) is 26.3 Å². The fourth-order valence-corrected chi connectivity index (χ4v) is 2.75. The quantitative estimate of drug-likeness (QED) is 0.863. The summed E-state index contributed by atoms with van der Waals surface area (Å²) >= 11 is 0. The third kappa shape index (κ3) is 3.59. The number of nitrogens with zero attached hydrogens (tertiary/aromatic N) is 6. The lowest BCUT2D eigenvalue weighted by Crippen LogP contribution is -2.54. The van der Waals surface area contributed by atoms with Crippen molar-refractivity contribution in [3.8, 4) is 0 Å². The zero-order chi connectivity index (χ0) is 16.4. The van der Waals surface area contributed by atoms with Crippen molar-refractivity contribution in [1.82, 2.24) is 24.7 Å². The summed E-state index contributed by atoms with van der Waals surface area (Å²) in [5, 5.41) is 12.3. The standard InChI is InChI=1S/C15H23N7O.ClH/c1-3-11(2)14(16)15(23)21-8-6-20(7-9-21)13-5-4-12-18-17-10-22(12)19-13;/h4-5,10-11,14H,3,6-9,16H2,1-2H3;1H. The van der Waals surface area contributed by atoms with E-state index < -0.39 is 6.04 Å². The van der Waals surface area contributed by atoms with Gasteiger partial charge >= 0.3 is 0 Å². The average molecular weight is 354 g/mol. The first kappa shape index (κ1) is 18.4. The normalized spacial score (nSPS) is 17.5. The molecule has 0 aromatic carbocycles. The number of carbonyl (C=O) groups is 1. The van der Waals surface area contributed by atoms with Gasteiger partial charge in [0.1, 0.15) is 12.1 Å². The number of carbonyl (C=O) groups excluding carboxylic acids is 1. The second-order valence-electron chi connectivity index (χ2n) is 6.05. The second kappa shape index (κ2) is 7.76. The van der Waals surface area contributed by atoms with E-state index in [1.165, 1.54) is 0 Å². The van der Waals surface area contributed by atoms with E-state index in [1.807, 2.05) is 24.0 Å². The maximum atomic E-state index is 12.4. The van der Waals surface area contributed by atoms with Crippen LogP contribution in [0, 0.1) is 5.92 Å². The highest BCUT2D eigenvalue weighted by Crippen LogP contribution is 2.15. The van der Waals surface area contributed by atoms with E-state index in [1.54, 1.807) is 10.8 Å². The van der Waals surface area contributed by atoms with Gasteiger partial charge in [0.25, 0.3) is 0 Å². The molecule has 1 fully saturated rings. The van der Waals surface area contributed by atoms with E-state index in [0.29, 0.717) is 13.1 Å². The molecule has 1 saturated heterocycles. The Morgan fingerprint density at radius 2 is 2.00 bits per heavy atom. The van der Waals surface area contributed by atoms with Gasteiger partial charge in [-0.1, -0.05) is 20.3 Å². The minimum Gasteiger partial charge on any atom is -0.352 e. The smallest absolute Gasteiger partial charge is 0.239 e. The molecule has 8 nitrogen and oxygen atoms in total. The van der Waals surface area contributed by atoms with Crippen LogP contribution < -0.4 is 10.6 Å². The molecule has 3 rings (SSSR count). The molecule has 9 heteroatoms. The molecule has 3 heterocycles. The lowest BCUT2D eigenvalue weighted by Gasteiger charge is -2.37. The molecule has 2 unspecified atom stereocenters. The topological polar surface area (TPSA) is 92.7 Å². The summed E-state index contributed by atoms with van der Waals surface area (Å²) in [4.78, 5) is 16.5. The summed E-state index contributed by atoms with van der Waals surface area (Å²) in [6.07, 6.45) is 2.50. The van der Waals surface area contributed by atoms with Gasteiger partial charge in [-0.05, 0) is 18.1 Å². The third-order valence-electron chi connectivity index (χ3n) is 4.61. The third-order valence-corrected chi connectivity index (χ3v) is 4.61. The number of aromatic nitrogens is 4. The van der Waals surface area contributed by atoms with Crippen molar-refractivity contribution in [3.05, 3.63) is 18.5 Å². The second-order valence-corrected chi connectivity index (χ2v) is 6.05. The van der Waals surface area contributed by atoms with Crippen LogP contribution in [-0.2, 0) is 4.79 Å². The van der Waals surface area contributed by atoms with Crippen LogP contribution in [0.5, 0.6) is 0 Å². The molecule has 132 valence electrons. The molecule has 0 spiro atoms. The maximum absolute atomic E-state index is 12.4. The fourth-order valence-electron chi connectivity index (χ4n) is 2.75. The van der Waals surface area contributed by atoms with Crippen LogP contribution in [0.25, 0.3) is 5.65 Å². The van der Waals surface area contributed by atoms with Crippen LogP contribution in [0.1, 0.15) is 20.3 Å². The van der Waals surface area contributed by atoms with Crippen molar-refractivity contribution in [2.24, 2.45) is 11.7 Å². The van der Waals surface area contributed by atoms with Crippen LogP contribution in [-0.4, -0.2) is 62.8 Å². The van der Waals surface area contributed by atoms with E-state index in [2.05, 4.69) is 27.1 Å². The minimum absolute atomic E-state index is 0. The van der Waals surface area contributed by atoms with Crippen molar-refractivity contribution in [1.29, 1.82) is 0 Å². The molecular weight excluding hydrogens is 330 g/mol. The molecule has 0 aliphatic carbocycles. The predicted molar refractivity (Wildman–Crippen MR) is 94.3 cm³/mol. The number of piperazine rings is 1. The summed E-state index contributed by atoms with van der Waals surface area (Å²) in [6, 6.07) is 3.43. The van der Waals surface area contributed by atoms with Gasteiger partial charge in [-0.2, -0.15) is 4.52 Å².